The molecule has 0 fully saturated rings. The van der Waals surface area contributed by atoms with E-state index in [-0.39, 0.29) is 23.3 Å². The lowest BCUT2D eigenvalue weighted by Gasteiger charge is -2.12. The molecule has 1 aromatic rings. The molecule has 100 valence electrons. The van der Waals surface area contributed by atoms with Gasteiger partial charge in [0.2, 0.25) is 0 Å². The predicted molar refractivity (Wildman–Crippen MR) is 69.4 cm³/mol. The summed E-state index contributed by atoms with van der Waals surface area (Å²) in [4.78, 5) is 13.5. The van der Waals surface area contributed by atoms with Crippen LogP contribution in [0.25, 0.3) is 5.57 Å². The van der Waals surface area contributed by atoms with Gasteiger partial charge < -0.3 is 9.64 Å². The molecule has 0 amide bonds. The van der Waals surface area contributed by atoms with Gasteiger partial charge in [0.05, 0.1) is 23.8 Å². The van der Waals surface area contributed by atoms with Crippen LogP contribution in [-0.4, -0.2) is 31.6 Å². The zero-order valence-corrected chi connectivity index (χ0v) is 11.1. The highest BCUT2D eigenvalue weighted by molar-refractivity contribution is 6.16. The first kappa shape index (κ1) is 14.7. The first-order valence-corrected chi connectivity index (χ1v) is 5.75. The van der Waals surface area contributed by atoms with Gasteiger partial charge in [-0.3, -0.25) is 0 Å². The average molecular weight is 262 g/mol. The molecule has 0 spiro atoms. The summed E-state index contributed by atoms with van der Waals surface area (Å²) in [6.07, 6.45) is 1.49. The van der Waals surface area contributed by atoms with Gasteiger partial charge in [-0.15, -0.1) is 0 Å². The highest BCUT2D eigenvalue weighted by atomic mass is 19.1. The molecule has 0 heterocycles. The molecule has 0 aliphatic carbocycles. The molecule has 0 N–H and O–H groups in total. The Hall–Kier alpha value is -2.35. The van der Waals surface area contributed by atoms with Crippen LogP contribution >= 0.6 is 0 Å². The van der Waals surface area contributed by atoms with E-state index in [0.29, 0.717) is 0 Å². The van der Waals surface area contributed by atoms with Crippen molar-refractivity contribution in [2.45, 2.75) is 6.92 Å². The minimum absolute atomic E-state index is 0.117. The maximum absolute atomic E-state index is 13.9. The summed E-state index contributed by atoms with van der Waals surface area (Å²) in [6, 6.07) is 5.80. The highest BCUT2D eigenvalue weighted by Gasteiger charge is 2.17. The number of hydrogen-bond acceptors (Lipinski definition) is 4. The van der Waals surface area contributed by atoms with Gasteiger partial charge in [-0.1, -0.05) is 0 Å². The fourth-order valence-corrected chi connectivity index (χ4v) is 1.50. The highest BCUT2D eigenvalue weighted by Crippen LogP contribution is 2.21. The minimum Gasteiger partial charge on any atom is -0.462 e. The molecule has 1 rings (SSSR count). The summed E-state index contributed by atoms with van der Waals surface area (Å²) in [7, 11) is 3.45. The van der Waals surface area contributed by atoms with E-state index in [0.717, 1.165) is 6.07 Å². The monoisotopic (exact) mass is 262 g/mol. The number of benzene rings is 1. The number of halogens is 1. The number of esters is 1. The second-order valence-corrected chi connectivity index (χ2v) is 4.03. The zero-order valence-electron chi connectivity index (χ0n) is 11.1. The molecule has 0 radical (unpaired) electrons. The van der Waals surface area contributed by atoms with Gasteiger partial charge >= 0.3 is 5.97 Å². The molecule has 0 aromatic heterocycles. The van der Waals surface area contributed by atoms with Crippen molar-refractivity contribution in [2.24, 2.45) is 0 Å². The van der Waals surface area contributed by atoms with E-state index in [1.807, 2.05) is 6.07 Å². The zero-order chi connectivity index (χ0) is 14.4. The summed E-state index contributed by atoms with van der Waals surface area (Å²) < 4.78 is 18.8. The van der Waals surface area contributed by atoms with Crippen LogP contribution in [0, 0.1) is 17.1 Å². The van der Waals surface area contributed by atoms with Crippen molar-refractivity contribution in [3.8, 4) is 6.07 Å². The number of ether oxygens (including phenoxy) is 1. The molecule has 19 heavy (non-hydrogen) atoms. The number of carbonyl (C=O) groups excluding carboxylic acids is 1. The van der Waals surface area contributed by atoms with Crippen LogP contribution in [0.5, 0.6) is 0 Å². The number of nitriles is 1. The van der Waals surface area contributed by atoms with Crippen molar-refractivity contribution in [3.05, 3.63) is 41.3 Å². The second-order valence-electron chi connectivity index (χ2n) is 4.03. The maximum Gasteiger partial charge on any atom is 0.340 e. The molecular formula is C14H15FN2O2. The number of nitrogens with zero attached hydrogens (tertiary/aromatic N) is 2. The van der Waals surface area contributed by atoms with E-state index in [1.165, 1.54) is 18.3 Å². The van der Waals surface area contributed by atoms with Crippen LogP contribution in [0.2, 0.25) is 0 Å². The Morgan fingerprint density at radius 1 is 1.53 bits per heavy atom. The van der Waals surface area contributed by atoms with E-state index in [9.17, 15) is 9.18 Å². The van der Waals surface area contributed by atoms with Gasteiger partial charge in [0.25, 0.3) is 0 Å². The standard InChI is InChI=1S/C14H15FN2O2/c1-4-19-14(18)12(9-17(2)3)11-6-5-10(8-16)7-13(11)15/h5-7,9H,4H2,1-3H3. The minimum atomic E-state index is -0.625. The average Bonchev–Trinajstić information content (AvgIpc) is 2.36. The first-order valence-electron chi connectivity index (χ1n) is 5.75. The van der Waals surface area contributed by atoms with Crippen molar-refractivity contribution in [1.29, 1.82) is 5.26 Å². The van der Waals surface area contributed by atoms with E-state index in [2.05, 4.69) is 0 Å². The normalized spacial score (nSPS) is 10.8. The molecule has 4 nitrogen and oxygen atoms in total. The van der Waals surface area contributed by atoms with E-state index >= 15 is 0 Å². The molecule has 0 saturated heterocycles. The third-order valence-corrected chi connectivity index (χ3v) is 2.27. The third kappa shape index (κ3) is 3.81. The first-order chi connectivity index (χ1) is 8.99. The Kier molecular flexibility index (Phi) is 5.07. The SMILES string of the molecule is CCOC(=O)C(=CN(C)C)c1ccc(C#N)cc1F. The topological polar surface area (TPSA) is 53.3 Å². The van der Waals surface area contributed by atoms with Gasteiger partial charge in [-0.2, -0.15) is 5.26 Å². The molecule has 5 heteroatoms. The van der Waals surface area contributed by atoms with E-state index in [1.54, 1.807) is 25.9 Å². The summed E-state index contributed by atoms with van der Waals surface area (Å²) in [5.41, 5.74) is 0.439. The lowest BCUT2D eigenvalue weighted by molar-refractivity contribution is -0.136. The largest absolute Gasteiger partial charge is 0.462 e. The van der Waals surface area contributed by atoms with Gasteiger partial charge in [0, 0.05) is 25.9 Å². The van der Waals surface area contributed by atoms with Crippen LogP contribution in [-0.2, 0) is 9.53 Å². The van der Waals surface area contributed by atoms with Crippen LogP contribution in [0.3, 0.4) is 0 Å². The number of carbonyl (C=O) groups is 1. The van der Waals surface area contributed by atoms with Crippen LogP contribution in [0.15, 0.2) is 24.4 Å². The smallest absolute Gasteiger partial charge is 0.340 e. The van der Waals surface area contributed by atoms with E-state index in [4.69, 9.17) is 10.00 Å². The Morgan fingerprint density at radius 3 is 2.68 bits per heavy atom. The lowest BCUT2D eigenvalue weighted by Crippen LogP contribution is -2.12. The van der Waals surface area contributed by atoms with Gasteiger partial charge in [0.15, 0.2) is 0 Å². The molecular weight excluding hydrogens is 247 g/mol. The summed E-state index contributed by atoms with van der Waals surface area (Å²) in [6.45, 7) is 1.89. The summed E-state index contributed by atoms with van der Waals surface area (Å²) in [5, 5.41) is 8.70. The summed E-state index contributed by atoms with van der Waals surface area (Å²) >= 11 is 0. The molecule has 0 aliphatic heterocycles. The fourth-order valence-electron chi connectivity index (χ4n) is 1.50. The Labute approximate surface area is 111 Å². The van der Waals surface area contributed by atoms with Crippen molar-refractivity contribution >= 4 is 11.5 Å². The van der Waals surface area contributed by atoms with Gasteiger partial charge in [-0.25, -0.2) is 9.18 Å². The van der Waals surface area contributed by atoms with Gasteiger partial charge in [0.1, 0.15) is 5.82 Å². The molecule has 0 saturated carbocycles. The number of rotatable bonds is 4. The van der Waals surface area contributed by atoms with Crippen molar-refractivity contribution < 1.29 is 13.9 Å². The van der Waals surface area contributed by atoms with Crippen LogP contribution < -0.4 is 0 Å². The second kappa shape index (κ2) is 6.55. The molecule has 0 bridgehead atoms. The van der Waals surface area contributed by atoms with Gasteiger partial charge in [-0.05, 0) is 25.1 Å². The Balaban J connectivity index is 3.27. The van der Waals surface area contributed by atoms with Crippen molar-refractivity contribution in [3.63, 3.8) is 0 Å². The molecule has 0 aliphatic rings. The Morgan fingerprint density at radius 2 is 2.21 bits per heavy atom. The Bertz CT molecular complexity index is 545. The molecule has 0 unspecified atom stereocenters. The fraction of sp³-hybridized carbons (Fsp3) is 0.286. The predicted octanol–water partition coefficient (Wildman–Crippen LogP) is 2.16. The maximum atomic E-state index is 13.9. The quantitative estimate of drug-likeness (QED) is 0.616. The van der Waals surface area contributed by atoms with Crippen LogP contribution in [0.4, 0.5) is 4.39 Å². The molecule has 1 aromatic carbocycles. The lowest BCUT2D eigenvalue weighted by atomic mass is 10.0. The van der Waals surface area contributed by atoms with Crippen molar-refractivity contribution in [1.82, 2.24) is 4.90 Å². The summed E-state index contributed by atoms with van der Waals surface area (Å²) in [5.74, 6) is -1.22. The van der Waals surface area contributed by atoms with Crippen LogP contribution in [0.1, 0.15) is 18.1 Å². The van der Waals surface area contributed by atoms with Crippen molar-refractivity contribution in [2.75, 3.05) is 20.7 Å². The molecule has 0 atom stereocenters. The number of hydrogen-bond donors (Lipinski definition) is 0. The third-order valence-electron chi connectivity index (χ3n) is 2.27. The van der Waals surface area contributed by atoms with E-state index < -0.39 is 11.8 Å².